The summed E-state index contributed by atoms with van der Waals surface area (Å²) in [5.74, 6) is 0.387. The molecule has 0 atom stereocenters. The monoisotopic (exact) mass is 448 g/mol. The lowest BCUT2D eigenvalue weighted by Crippen LogP contribution is -2.24. The zero-order valence-corrected chi connectivity index (χ0v) is 17.7. The summed E-state index contributed by atoms with van der Waals surface area (Å²) in [5, 5.41) is 0.984. The summed E-state index contributed by atoms with van der Waals surface area (Å²) in [6.45, 7) is -2.38. The standard InChI is InChI=1S/C24H18F2N4OS/c25-23(26)30-20-13-7-6-12-19(20)27-21(30)15-32-24-28-18-11-5-4-10-17(18)22(31)29(24)14-16-8-2-1-3-9-16/h1-13,23H,14-15H2. The maximum Gasteiger partial charge on any atom is 0.320 e. The van der Waals surface area contributed by atoms with Crippen LogP contribution < -0.4 is 5.56 Å². The molecular formula is C24H18F2N4OS. The third-order valence-corrected chi connectivity index (χ3v) is 6.18. The van der Waals surface area contributed by atoms with Crippen molar-refractivity contribution in [1.82, 2.24) is 19.1 Å². The van der Waals surface area contributed by atoms with E-state index < -0.39 is 6.55 Å². The molecule has 0 unspecified atom stereocenters. The number of hydrogen-bond donors (Lipinski definition) is 0. The van der Waals surface area contributed by atoms with Crippen molar-refractivity contribution >= 4 is 33.7 Å². The van der Waals surface area contributed by atoms with E-state index in [0.717, 1.165) is 10.1 Å². The Morgan fingerprint density at radius 2 is 1.53 bits per heavy atom. The predicted molar refractivity (Wildman–Crippen MR) is 122 cm³/mol. The first kappa shape index (κ1) is 20.4. The highest BCUT2D eigenvalue weighted by atomic mass is 32.2. The summed E-state index contributed by atoms with van der Waals surface area (Å²) in [7, 11) is 0. The first-order valence-electron chi connectivity index (χ1n) is 10.0. The second-order valence-electron chi connectivity index (χ2n) is 7.24. The summed E-state index contributed by atoms with van der Waals surface area (Å²) in [6, 6.07) is 23.6. The molecule has 0 aliphatic carbocycles. The Morgan fingerprint density at radius 3 is 2.31 bits per heavy atom. The number of rotatable bonds is 6. The lowest BCUT2D eigenvalue weighted by atomic mass is 10.2. The Bertz CT molecular complexity index is 1460. The van der Waals surface area contributed by atoms with Gasteiger partial charge in [0.25, 0.3) is 5.56 Å². The lowest BCUT2D eigenvalue weighted by Gasteiger charge is -2.14. The van der Waals surface area contributed by atoms with Gasteiger partial charge in [0.05, 0.1) is 34.2 Å². The van der Waals surface area contributed by atoms with E-state index in [0.29, 0.717) is 33.6 Å². The number of fused-ring (bicyclic) bond motifs is 2. The molecule has 2 aromatic heterocycles. The Hall–Kier alpha value is -3.52. The maximum atomic E-state index is 13.8. The van der Waals surface area contributed by atoms with E-state index in [9.17, 15) is 13.6 Å². The zero-order chi connectivity index (χ0) is 22.1. The van der Waals surface area contributed by atoms with Crippen LogP contribution in [0.1, 0.15) is 17.9 Å². The summed E-state index contributed by atoms with van der Waals surface area (Å²) < 4.78 is 30.1. The van der Waals surface area contributed by atoms with Gasteiger partial charge in [-0.15, -0.1) is 0 Å². The number of halogens is 2. The second-order valence-corrected chi connectivity index (χ2v) is 8.18. The highest BCUT2D eigenvalue weighted by molar-refractivity contribution is 7.98. The molecular weight excluding hydrogens is 430 g/mol. The molecule has 0 saturated carbocycles. The molecule has 5 nitrogen and oxygen atoms in total. The summed E-state index contributed by atoms with van der Waals surface area (Å²) >= 11 is 1.23. The third kappa shape index (κ3) is 3.78. The van der Waals surface area contributed by atoms with Crippen LogP contribution in [0.5, 0.6) is 0 Å². The highest BCUT2D eigenvalue weighted by Gasteiger charge is 2.19. The molecule has 0 amide bonds. The Balaban J connectivity index is 1.57. The molecule has 0 aliphatic heterocycles. The number of para-hydroxylation sites is 3. The molecule has 0 saturated heterocycles. The molecule has 0 spiro atoms. The quantitative estimate of drug-likeness (QED) is 0.255. The highest BCUT2D eigenvalue weighted by Crippen LogP contribution is 2.28. The average Bonchev–Trinajstić information content (AvgIpc) is 3.19. The molecule has 3 aromatic carbocycles. The van der Waals surface area contributed by atoms with Gasteiger partial charge in [-0.2, -0.15) is 8.78 Å². The Kier molecular flexibility index (Phi) is 5.45. The smallest absolute Gasteiger partial charge is 0.283 e. The van der Waals surface area contributed by atoms with Gasteiger partial charge in [0.15, 0.2) is 5.16 Å². The molecule has 2 heterocycles. The SMILES string of the molecule is O=c1c2ccccc2nc(SCc2nc3ccccc3n2C(F)F)n1Cc1ccccc1. The minimum atomic E-state index is -2.71. The number of nitrogens with zero attached hydrogens (tertiary/aromatic N) is 4. The van der Waals surface area contributed by atoms with Gasteiger partial charge >= 0.3 is 6.55 Å². The van der Waals surface area contributed by atoms with Crippen LogP contribution in [-0.2, 0) is 12.3 Å². The molecule has 0 fully saturated rings. The minimum absolute atomic E-state index is 0.151. The summed E-state index contributed by atoms with van der Waals surface area (Å²) in [6.07, 6.45) is 0. The zero-order valence-electron chi connectivity index (χ0n) is 16.9. The number of aromatic nitrogens is 4. The fourth-order valence-corrected chi connectivity index (χ4v) is 4.63. The first-order chi connectivity index (χ1) is 15.6. The van der Waals surface area contributed by atoms with Gasteiger partial charge in [0.1, 0.15) is 5.82 Å². The van der Waals surface area contributed by atoms with Crippen molar-refractivity contribution in [2.24, 2.45) is 0 Å². The van der Waals surface area contributed by atoms with Gasteiger partial charge < -0.3 is 0 Å². The van der Waals surface area contributed by atoms with Crippen LogP contribution >= 0.6 is 11.8 Å². The van der Waals surface area contributed by atoms with Crippen molar-refractivity contribution in [3.8, 4) is 0 Å². The molecule has 0 N–H and O–H groups in total. The van der Waals surface area contributed by atoms with E-state index in [2.05, 4.69) is 9.97 Å². The van der Waals surface area contributed by atoms with Crippen LogP contribution in [0, 0.1) is 0 Å². The minimum Gasteiger partial charge on any atom is -0.283 e. The topological polar surface area (TPSA) is 52.7 Å². The van der Waals surface area contributed by atoms with Gasteiger partial charge in [0.2, 0.25) is 0 Å². The van der Waals surface area contributed by atoms with Crippen molar-refractivity contribution in [1.29, 1.82) is 0 Å². The summed E-state index contributed by atoms with van der Waals surface area (Å²) in [5.41, 5.74) is 2.26. The van der Waals surface area contributed by atoms with Gasteiger partial charge in [-0.25, -0.2) is 9.97 Å². The van der Waals surface area contributed by atoms with E-state index in [1.807, 2.05) is 36.4 Å². The summed E-state index contributed by atoms with van der Waals surface area (Å²) in [4.78, 5) is 22.3. The van der Waals surface area contributed by atoms with Crippen molar-refractivity contribution in [3.63, 3.8) is 0 Å². The Morgan fingerprint density at radius 1 is 0.844 bits per heavy atom. The predicted octanol–water partition coefficient (Wildman–Crippen LogP) is 5.48. The van der Waals surface area contributed by atoms with Crippen LogP contribution in [0.15, 0.2) is 88.8 Å². The van der Waals surface area contributed by atoms with E-state index in [4.69, 9.17) is 0 Å². The number of imidazole rings is 1. The molecule has 5 rings (SSSR count). The fraction of sp³-hybridized carbons (Fsp3) is 0.125. The molecule has 160 valence electrons. The lowest BCUT2D eigenvalue weighted by molar-refractivity contribution is 0.0722. The maximum absolute atomic E-state index is 13.8. The average molecular weight is 448 g/mol. The molecule has 0 bridgehead atoms. The van der Waals surface area contributed by atoms with Gasteiger partial charge in [0, 0.05) is 0 Å². The van der Waals surface area contributed by atoms with Crippen molar-refractivity contribution in [2.75, 3.05) is 0 Å². The van der Waals surface area contributed by atoms with Gasteiger partial charge in [-0.05, 0) is 29.8 Å². The van der Waals surface area contributed by atoms with Crippen LogP contribution in [0.2, 0.25) is 0 Å². The molecule has 5 aromatic rings. The van der Waals surface area contributed by atoms with Crippen LogP contribution in [0.3, 0.4) is 0 Å². The Labute approximate surface area is 186 Å². The van der Waals surface area contributed by atoms with Crippen molar-refractivity contribution in [3.05, 3.63) is 101 Å². The molecule has 8 heteroatoms. The third-order valence-electron chi connectivity index (χ3n) is 5.20. The van der Waals surface area contributed by atoms with Crippen LogP contribution in [-0.4, -0.2) is 19.1 Å². The second kappa shape index (κ2) is 8.55. The molecule has 0 radical (unpaired) electrons. The molecule has 32 heavy (non-hydrogen) atoms. The normalized spacial score (nSPS) is 11.6. The number of hydrogen-bond acceptors (Lipinski definition) is 4. The largest absolute Gasteiger partial charge is 0.320 e. The van der Waals surface area contributed by atoms with Crippen LogP contribution in [0.4, 0.5) is 8.78 Å². The van der Waals surface area contributed by atoms with E-state index >= 15 is 0 Å². The van der Waals surface area contributed by atoms with Gasteiger partial charge in [-0.1, -0.05) is 66.4 Å². The number of thioether (sulfide) groups is 1. The number of benzene rings is 3. The van der Waals surface area contributed by atoms with Crippen molar-refractivity contribution in [2.45, 2.75) is 24.0 Å². The fourth-order valence-electron chi connectivity index (χ4n) is 3.71. The first-order valence-corrected chi connectivity index (χ1v) is 11.0. The van der Waals surface area contributed by atoms with E-state index in [-0.39, 0.29) is 17.1 Å². The van der Waals surface area contributed by atoms with E-state index in [1.54, 1.807) is 47.0 Å². The van der Waals surface area contributed by atoms with Gasteiger partial charge in [-0.3, -0.25) is 13.9 Å². The van der Waals surface area contributed by atoms with Crippen LogP contribution in [0.25, 0.3) is 21.9 Å². The van der Waals surface area contributed by atoms with E-state index in [1.165, 1.54) is 11.8 Å². The number of alkyl halides is 2. The van der Waals surface area contributed by atoms with Crippen molar-refractivity contribution < 1.29 is 8.78 Å². The molecule has 0 aliphatic rings.